The highest BCUT2D eigenvalue weighted by atomic mass is 35.5. The van der Waals surface area contributed by atoms with Crippen LogP contribution in [0.3, 0.4) is 0 Å². The van der Waals surface area contributed by atoms with E-state index in [9.17, 15) is 14.9 Å². The molecule has 0 aliphatic carbocycles. The summed E-state index contributed by atoms with van der Waals surface area (Å²) >= 11 is 6.17. The van der Waals surface area contributed by atoms with Crippen molar-refractivity contribution in [2.45, 2.75) is 58.4 Å². The van der Waals surface area contributed by atoms with Gasteiger partial charge in [-0.25, -0.2) is 18.4 Å². The number of aryl methyl sites for hydroxylation is 1. The van der Waals surface area contributed by atoms with Gasteiger partial charge in [-0.1, -0.05) is 56.6 Å². The Morgan fingerprint density at radius 3 is 2.43 bits per heavy atom. The number of rotatable bonds is 6. The van der Waals surface area contributed by atoms with Gasteiger partial charge in [-0.2, -0.15) is 5.26 Å². The third-order valence-electron chi connectivity index (χ3n) is 7.66. The van der Waals surface area contributed by atoms with Gasteiger partial charge in [0.1, 0.15) is 17.0 Å². The number of halogens is 3. The van der Waals surface area contributed by atoms with Crippen molar-refractivity contribution in [2.75, 3.05) is 18.5 Å². The maximum absolute atomic E-state index is 15.8. The molecule has 4 rings (SSSR count). The second-order valence-corrected chi connectivity index (χ2v) is 12.2. The summed E-state index contributed by atoms with van der Waals surface area (Å²) in [7, 11) is 0. The lowest BCUT2D eigenvalue weighted by atomic mass is 9.64. The Morgan fingerprint density at radius 1 is 1.14 bits per heavy atom. The quantitative estimate of drug-likeness (QED) is 0.294. The predicted octanol–water partition coefficient (Wildman–Crippen LogP) is 8.00. The lowest BCUT2D eigenvalue weighted by molar-refractivity contribution is 0.0526. The first-order valence-electron chi connectivity index (χ1n) is 13.8. The molecule has 0 saturated carbocycles. The molecule has 1 aliphatic heterocycles. The number of nitrogens with zero attached hydrogens (tertiary/aromatic N) is 2. The molecule has 1 heterocycles. The molecule has 2 unspecified atom stereocenters. The van der Waals surface area contributed by atoms with Gasteiger partial charge in [0.25, 0.3) is 0 Å². The van der Waals surface area contributed by atoms with Gasteiger partial charge in [-0.15, -0.1) is 0 Å². The van der Waals surface area contributed by atoms with Crippen LogP contribution >= 0.6 is 11.6 Å². The van der Waals surface area contributed by atoms with E-state index in [-0.39, 0.29) is 29.3 Å². The largest absolute Gasteiger partial charge is 0.462 e. The fourth-order valence-corrected chi connectivity index (χ4v) is 5.97. The molecule has 42 heavy (non-hydrogen) atoms. The van der Waals surface area contributed by atoms with Crippen LogP contribution in [-0.2, 0) is 10.2 Å². The molecule has 2 amide bonds. The van der Waals surface area contributed by atoms with Crippen molar-refractivity contribution in [1.29, 1.82) is 5.26 Å². The zero-order chi connectivity index (χ0) is 30.8. The average Bonchev–Trinajstić information content (AvgIpc) is 3.23. The van der Waals surface area contributed by atoms with E-state index in [4.69, 9.17) is 16.3 Å². The normalized spacial score (nSPS) is 20.2. The van der Waals surface area contributed by atoms with Gasteiger partial charge in [-0.05, 0) is 73.2 Å². The van der Waals surface area contributed by atoms with E-state index in [1.807, 2.05) is 20.8 Å². The number of nitrogens with one attached hydrogen (secondary N) is 1. The number of benzene rings is 3. The maximum Gasteiger partial charge on any atom is 0.338 e. The molecule has 1 N–H and O–H groups in total. The number of nitriles is 1. The molecule has 3 aromatic carbocycles. The van der Waals surface area contributed by atoms with Crippen molar-refractivity contribution in [1.82, 2.24) is 4.90 Å². The first kappa shape index (κ1) is 31.0. The van der Waals surface area contributed by atoms with Crippen LogP contribution in [0.2, 0.25) is 5.02 Å². The smallest absolute Gasteiger partial charge is 0.338 e. The van der Waals surface area contributed by atoms with Gasteiger partial charge >= 0.3 is 12.0 Å². The molecule has 1 saturated heterocycles. The molecular weight excluding hydrogens is 560 g/mol. The summed E-state index contributed by atoms with van der Waals surface area (Å²) in [4.78, 5) is 27.5. The Balaban J connectivity index is 1.85. The van der Waals surface area contributed by atoms with E-state index in [0.29, 0.717) is 23.2 Å². The van der Waals surface area contributed by atoms with Gasteiger partial charge in [-0.3, -0.25) is 0 Å². The van der Waals surface area contributed by atoms with Crippen molar-refractivity contribution in [3.8, 4) is 6.07 Å². The highest BCUT2D eigenvalue weighted by Crippen LogP contribution is 2.53. The summed E-state index contributed by atoms with van der Waals surface area (Å²) in [5.41, 5.74) is -0.390. The minimum absolute atomic E-state index is 0.0639. The molecule has 0 aromatic heterocycles. The van der Waals surface area contributed by atoms with E-state index in [2.05, 4.69) is 11.4 Å². The highest BCUT2D eigenvalue weighted by molar-refractivity contribution is 6.30. The average molecular weight is 594 g/mol. The number of amides is 2. The molecule has 0 spiro atoms. The summed E-state index contributed by atoms with van der Waals surface area (Å²) in [6.45, 7) is 9.54. The molecule has 6 nitrogen and oxygen atoms in total. The number of hydrogen-bond donors (Lipinski definition) is 1. The van der Waals surface area contributed by atoms with Crippen molar-refractivity contribution in [2.24, 2.45) is 5.41 Å². The lowest BCUT2D eigenvalue weighted by Crippen LogP contribution is -2.49. The second-order valence-electron chi connectivity index (χ2n) is 11.8. The molecule has 1 fully saturated rings. The number of anilines is 1. The Kier molecular flexibility index (Phi) is 8.93. The van der Waals surface area contributed by atoms with E-state index in [0.717, 1.165) is 0 Å². The van der Waals surface area contributed by atoms with Crippen molar-refractivity contribution in [3.63, 3.8) is 0 Å². The number of urea groups is 1. The minimum atomic E-state index is -1.64. The predicted molar refractivity (Wildman–Crippen MR) is 159 cm³/mol. The Morgan fingerprint density at radius 2 is 1.83 bits per heavy atom. The minimum Gasteiger partial charge on any atom is -0.462 e. The van der Waals surface area contributed by atoms with Crippen LogP contribution < -0.4 is 5.32 Å². The van der Waals surface area contributed by atoms with Gasteiger partial charge in [0.2, 0.25) is 0 Å². The fourth-order valence-electron chi connectivity index (χ4n) is 5.79. The third-order valence-corrected chi connectivity index (χ3v) is 7.95. The van der Waals surface area contributed by atoms with Gasteiger partial charge < -0.3 is 15.0 Å². The molecule has 3 atom stereocenters. The van der Waals surface area contributed by atoms with Gasteiger partial charge in [0, 0.05) is 23.7 Å². The lowest BCUT2D eigenvalue weighted by Gasteiger charge is -2.39. The van der Waals surface area contributed by atoms with Gasteiger partial charge in [0.15, 0.2) is 0 Å². The number of carbonyl (C=O) groups excluding carboxylic acids is 2. The fraction of sp³-hybridized carbons (Fsp3) is 0.364. The Bertz CT molecular complexity index is 1530. The number of carbonyl (C=O) groups is 2. The molecule has 1 aliphatic rings. The number of ether oxygens (including phenoxy) is 1. The van der Waals surface area contributed by atoms with Crippen LogP contribution in [0.5, 0.6) is 0 Å². The second kappa shape index (κ2) is 12.1. The van der Waals surface area contributed by atoms with Crippen LogP contribution in [0.1, 0.15) is 67.1 Å². The van der Waals surface area contributed by atoms with Crippen LogP contribution in [0.15, 0.2) is 60.7 Å². The standard InChI is InChI=1S/C33H34ClF2N3O3/c1-6-42-30(40)21-11-13-22(14-12-21)38-31(41)39-18-25(23-8-7-9-26(34)29(23)36)33(19-37,28(39)17-32(3,4)5)24-15-10-20(2)16-27(24)35/h7-16,25,28H,6,17-18H2,1-5H3,(H,38,41)/t25?,28?,33-/m1/s1. The maximum atomic E-state index is 15.8. The van der Waals surface area contributed by atoms with Crippen molar-refractivity contribution < 1.29 is 23.1 Å². The molecule has 0 radical (unpaired) electrons. The SMILES string of the molecule is CCOC(=O)c1ccc(NC(=O)N2CC(c3cccc(Cl)c3F)[C@@](C#N)(c3ccc(C)cc3F)C2CC(C)(C)C)cc1. The first-order valence-corrected chi connectivity index (χ1v) is 14.2. The summed E-state index contributed by atoms with van der Waals surface area (Å²) < 4.78 is 36.5. The number of likely N-dealkylation sites (tertiary alicyclic amines) is 1. The number of hydrogen-bond acceptors (Lipinski definition) is 4. The van der Waals surface area contributed by atoms with Crippen LogP contribution in [0.4, 0.5) is 19.3 Å². The summed E-state index contributed by atoms with van der Waals surface area (Å²) in [5.74, 6) is -2.71. The topological polar surface area (TPSA) is 82.4 Å². The van der Waals surface area contributed by atoms with Gasteiger partial charge in [0.05, 0.1) is 29.3 Å². The zero-order valence-electron chi connectivity index (χ0n) is 24.3. The molecule has 3 aromatic rings. The van der Waals surface area contributed by atoms with Crippen LogP contribution in [0, 0.1) is 35.3 Å². The van der Waals surface area contributed by atoms with E-state index in [1.54, 1.807) is 44.2 Å². The molecule has 220 valence electrons. The molecule has 9 heteroatoms. The first-order chi connectivity index (χ1) is 19.8. The van der Waals surface area contributed by atoms with Crippen LogP contribution in [-0.4, -0.2) is 36.1 Å². The summed E-state index contributed by atoms with van der Waals surface area (Å²) in [5, 5.41) is 13.7. The summed E-state index contributed by atoms with van der Waals surface area (Å²) in [6, 6.07) is 16.4. The zero-order valence-corrected chi connectivity index (χ0v) is 25.1. The van der Waals surface area contributed by atoms with Crippen molar-refractivity contribution >= 4 is 29.3 Å². The van der Waals surface area contributed by atoms with Crippen LogP contribution in [0.25, 0.3) is 0 Å². The monoisotopic (exact) mass is 593 g/mol. The Labute approximate surface area is 250 Å². The third kappa shape index (κ3) is 5.98. The van der Waals surface area contributed by atoms with E-state index >= 15 is 8.78 Å². The van der Waals surface area contributed by atoms with E-state index in [1.165, 1.54) is 35.2 Å². The van der Waals surface area contributed by atoms with E-state index < -0.39 is 46.4 Å². The molecular formula is C33H34ClF2N3O3. The Hall–Kier alpha value is -3.96. The number of esters is 1. The summed E-state index contributed by atoms with van der Waals surface area (Å²) in [6.07, 6.45) is 0.321. The molecule has 0 bridgehead atoms. The highest BCUT2D eigenvalue weighted by Gasteiger charge is 2.60. The van der Waals surface area contributed by atoms with Crippen molar-refractivity contribution in [3.05, 3.63) is 99.6 Å².